The van der Waals surface area contributed by atoms with E-state index in [2.05, 4.69) is 6.07 Å². The molecule has 5 nitrogen and oxygen atoms in total. The number of nitriles is 1. The average molecular weight is 325 g/mol. The molecule has 3 rings (SSSR count). The molecule has 0 atom stereocenters. The highest BCUT2D eigenvalue weighted by Gasteiger charge is 2.25. The number of piperidine rings is 1. The maximum Gasteiger partial charge on any atom is 0.415 e. The zero-order valence-electron chi connectivity index (χ0n) is 13.4. The molecule has 1 aliphatic rings. The molecule has 0 radical (unpaired) electrons. The molecule has 122 valence electrons. The summed E-state index contributed by atoms with van der Waals surface area (Å²) in [6.45, 7) is 1.14. The molecule has 1 aromatic heterocycles. The van der Waals surface area contributed by atoms with Gasteiger partial charge in [-0.15, -0.1) is 0 Å². The van der Waals surface area contributed by atoms with Crippen molar-refractivity contribution < 1.29 is 13.8 Å². The van der Waals surface area contributed by atoms with Crippen LogP contribution >= 0.6 is 0 Å². The number of aromatic nitrogens is 2. The fourth-order valence-electron chi connectivity index (χ4n) is 2.91. The van der Waals surface area contributed by atoms with Crippen molar-refractivity contribution >= 4 is 11.6 Å². The number of amides is 1. The Morgan fingerprint density at radius 1 is 1.25 bits per heavy atom. The molecule has 0 aliphatic carbocycles. The van der Waals surface area contributed by atoms with Crippen LogP contribution in [0, 0.1) is 17.1 Å². The molecule has 0 N–H and O–H groups in total. The minimum atomic E-state index is -0.318. The van der Waals surface area contributed by atoms with Crippen molar-refractivity contribution in [3.63, 3.8) is 0 Å². The number of allylic oxidation sites excluding steroid dienone is 1. The first-order chi connectivity index (χ1) is 11.6. The molecule has 1 saturated heterocycles. The van der Waals surface area contributed by atoms with Gasteiger partial charge in [0.1, 0.15) is 18.2 Å². The average Bonchev–Trinajstić information content (AvgIpc) is 3.04. The lowest BCUT2D eigenvalue weighted by Gasteiger charge is -2.27. The summed E-state index contributed by atoms with van der Waals surface area (Å²) in [5.41, 5.74) is 2.34. The molecule has 0 unspecified atom stereocenters. The number of carbonyl (C=O) groups excluding carboxylic acids is 1. The highest BCUT2D eigenvalue weighted by atomic mass is 19.1. The number of halogens is 1. The smallest absolute Gasteiger partial charge is 0.304 e. The SMILES string of the molecule is C[n+]1ccn(C(=O)N2CCC(=C(C#N)c3ccc(F)cc3)CC2)c1. The van der Waals surface area contributed by atoms with Crippen LogP contribution in [0.3, 0.4) is 0 Å². The molecule has 1 amide bonds. The quantitative estimate of drug-likeness (QED) is 0.597. The maximum absolute atomic E-state index is 13.1. The van der Waals surface area contributed by atoms with Gasteiger partial charge in [-0.1, -0.05) is 12.1 Å². The first-order valence-corrected chi connectivity index (χ1v) is 7.79. The van der Waals surface area contributed by atoms with Crippen LogP contribution in [0.1, 0.15) is 18.4 Å². The van der Waals surface area contributed by atoms with Crippen molar-refractivity contribution in [2.75, 3.05) is 13.1 Å². The number of imidazole rings is 1. The number of carbonyl (C=O) groups is 1. The van der Waals surface area contributed by atoms with Gasteiger partial charge in [-0.25, -0.2) is 13.8 Å². The standard InChI is InChI=1S/C18H18FN4O/c1-21-10-11-23(13-21)18(24)22-8-6-15(7-9-22)17(12-20)14-2-4-16(19)5-3-14/h2-5,10-11,13H,6-9H2,1H3/q+1. The Morgan fingerprint density at radius 3 is 2.46 bits per heavy atom. The van der Waals surface area contributed by atoms with Crippen LogP contribution in [-0.4, -0.2) is 28.6 Å². The first kappa shape index (κ1) is 15.9. The predicted molar refractivity (Wildman–Crippen MR) is 86.1 cm³/mol. The van der Waals surface area contributed by atoms with E-state index in [1.165, 1.54) is 12.1 Å². The number of aryl methyl sites for hydroxylation is 1. The van der Waals surface area contributed by atoms with Crippen molar-refractivity contribution in [1.29, 1.82) is 5.26 Å². The van der Waals surface area contributed by atoms with Crippen LogP contribution in [0.2, 0.25) is 0 Å². The van der Waals surface area contributed by atoms with E-state index in [-0.39, 0.29) is 11.8 Å². The Kier molecular flexibility index (Phi) is 4.43. The lowest BCUT2D eigenvalue weighted by molar-refractivity contribution is -0.670. The van der Waals surface area contributed by atoms with Gasteiger partial charge in [0.25, 0.3) is 6.33 Å². The van der Waals surface area contributed by atoms with E-state index in [4.69, 9.17) is 0 Å². The maximum atomic E-state index is 13.1. The van der Waals surface area contributed by atoms with Crippen LogP contribution in [0.25, 0.3) is 5.57 Å². The number of rotatable bonds is 1. The van der Waals surface area contributed by atoms with Gasteiger partial charge in [0.2, 0.25) is 0 Å². The van der Waals surface area contributed by atoms with Crippen LogP contribution in [0.4, 0.5) is 9.18 Å². The summed E-state index contributed by atoms with van der Waals surface area (Å²) in [4.78, 5) is 14.2. The second-order valence-electron chi connectivity index (χ2n) is 5.85. The third-order valence-electron chi connectivity index (χ3n) is 4.23. The predicted octanol–water partition coefficient (Wildman–Crippen LogP) is 2.49. The summed E-state index contributed by atoms with van der Waals surface area (Å²) in [5, 5.41) is 9.47. The summed E-state index contributed by atoms with van der Waals surface area (Å²) < 4.78 is 16.4. The highest BCUT2D eigenvalue weighted by Crippen LogP contribution is 2.26. The Hall–Kier alpha value is -2.94. The van der Waals surface area contributed by atoms with Gasteiger partial charge in [-0.3, -0.25) is 0 Å². The van der Waals surface area contributed by atoms with Crippen LogP contribution in [0.5, 0.6) is 0 Å². The largest absolute Gasteiger partial charge is 0.415 e. The Balaban J connectivity index is 1.74. The number of hydrogen-bond donors (Lipinski definition) is 0. The summed E-state index contributed by atoms with van der Waals surface area (Å²) in [7, 11) is 1.86. The fourth-order valence-corrected chi connectivity index (χ4v) is 2.91. The first-order valence-electron chi connectivity index (χ1n) is 7.79. The lowest BCUT2D eigenvalue weighted by Crippen LogP contribution is -2.39. The second kappa shape index (κ2) is 6.67. The molecule has 1 aromatic carbocycles. The summed E-state index contributed by atoms with van der Waals surface area (Å²) in [5.74, 6) is -0.318. The van der Waals surface area contributed by atoms with Gasteiger partial charge >= 0.3 is 6.03 Å². The molecule has 0 saturated carbocycles. The van der Waals surface area contributed by atoms with Crippen molar-refractivity contribution in [2.45, 2.75) is 12.8 Å². The van der Waals surface area contributed by atoms with Crippen molar-refractivity contribution in [1.82, 2.24) is 9.47 Å². The minimum absolute atomic E-state index is 0.0602. The molecule has 0 spiro atoms. The fraction of sp³-hybridized carbons (Fsp3) is 0.278. The van der Waals surface area contributed by atoms with Gasteiger partial charge < -0.3 is 4.90 Å². The Bertz CT molecular complexity index is 819. The molecular weight excluding hydrogens is 307 g/mol. The van der Waals surface area contributed by atoms with E-state index in [1.807, 2.05) is 17.8 Å². The molecule has 0 bridgehead atoms. The Morgan fingerprint density at radius 2 is 1.92 bits per heavy atom. The molecular formula is C18H18FN4O+. The Labute approximate surface area is 139 Å². The molecule has 24 heavy (non-hydrogen) atoms. The summed E-state index contributed by atoms with van der Waals surface area (Å²) in [6, 6.07) is 8.14. The molecule has 1 fully saturated rings. The normalized spacial score (nSPS) is 14.4. The zero-order valence-corrected chi connectivity index (χ0v) is 13.4. The molecule has 2 aromatic rings. The van der Waals surface area contributed by atoms with Gasteiger partial charge in [0, 0.05) is 13.1 Å². The van der Waals surface area contributed by atoms with E-state index in [1.54, 1.807) is 34.1 Å². The topological polar surface area (TPSA) is 52.9 Å². The monoisotopic (exact) mass is 325 g/mol. The molecule has 1 aliphatic heterocycles. The number of likely N-dealkylation sites (tertiary alicyclic amines) is 1. The number of hydrogen-bond acceptors (Lipinski definition) is 2. The molecule has 6 heteroatoms. The van der Waals surface area contributed by atoms with E-state index in [0.717, 1.165) is 11.1 Å². The third kappa shape index (κ3) is 3.20. The molecule has 2 heterocycles. The van der Waals surface area contributed by atoms with Crippen molar-refractivity contribution in [3.05, 3.63) is 59.9 Å². The van der Waals surface area contributed by atoms with E-state index in [9.17, 15) is 14.4 Å². The third-order valence-corrected chi connectivity index (χ3v) is 4.23. The van der Waals surface area contributed by atoms with Crippen molar-refractivity contribution in [3.8, 4) is 6.07 Å². The number of benzene rings is 1. The summed E-state index contributed by atoms with van der Waals surface area (Å²) >= 11 is 0. The van der Waals surface area contributed by atoms with E-state index >= 15 is 0 Å². The minimum Gasteiger partial charge on any atom is -0.304 e. The highest BCUT2D eigenvalue weighted by molar-refractivity contribution is 5.80. The van der Waals surface area contributed by atoms with Crippen LogP contribution < -0.4 is 4.57 Å². The van der Waals surface area contributed by atoms with Gasteiger partial charge in [-0.05, 0) is 36.1 Å². The van der Waals surface area contributed by atoms with Crippen LogP contribution in [-0.2, 0) is 7.05 Å². The van der Waals surface area contributed by atoms with Crippen molar-refractivity contribution in [2.24, 2.45) is 7.05 Å². The second-order valence-corrected chi connectivity index (χ2v) is 5.85. The van der Waals surface area contributed by atoms with Gasteiger partial charge in [0.15, 0.2) is 0 Å². The lowest BCUT2D eigenvalue weighted by atomic mass is 9.94. The van der Waals surface area contributed by atoms with E-state index in [0.29, 0.717) is 31.5 Å². The zero-order chi connectivity index (χ0) is 17.1. The number of nitrogens with zero attached hydrogens (tertiary/aromatic N) is 4. The van der Waals surface area contributed by atoms with E-state index < -0.39 is 0 Å². The van der Waals surface area contributed by atoms with Crippen LogP contribution in [0.15, 0.2) is 48.6 Å². The van der Waals surface area contributed by atoms with Gasteiger partial charge in [0.05, 0.1) is 18.7 Å². The van der Waals surface area contributed by atoms with Gasteiger partial charge in [-0.2, -0.15) is 9.83 Å². The summed E-state index contributed by atoms with van der Waals surface area (Å²) in [6.07, 6.45) is 6.58.